The molecule has 0 amide bonds. The van der Waals surface area contributed by atoms with Gasteiger partial charge in [0.15, 0.2) is 5.96 Å². The van der Waals surface area contributed by atoms with Gasteiger partial charge in [-0.2, -0.15) is 0 Å². The molecule has 0 aromatic heterocycles. The Morgan fingerprint density at radius 1 is 1.19 bits per heavy atom. The van der Waals surface area contributed by atoms with E-state index in [1.54, 1.807) is 0 Å². The summed E-state index contributed by atoms with van der Waals surface area (Å²) in [4.78, 5) is 4.30. The van der Waals surface area contributed by atoms with Crippen LogP contribution in [-0.4, -0.2) is 12.5 Å². The summed E-state index contributed by atoms with van der Waals surface area (Å²) in [6.45, 7) is 2.56. The molecule has 0 aliphatic rings. The van der Waals surface area contributed by atoms with Gasteiger partial charge >= 0.3 is 0 Å². The quantitative estimate of drug-likeness (QED) is 0.499. The van der Waals surface area contributed by atoms with Gasteiger partial charge in [-0.05, 0) is 29.7 Å². The summed E-state index contributed by atoms with van der Waals surface area (Å²) < 4.78 is 0. The lowest BCUT2D eigenvalue weighted by molar-refractivity contribution is 0.928. The molecule has 21 heavy (non-hydrogen) atoms. The van der Waals surface area contributed by atoms with Crippen molar-refractivity contribution in [2.24, 2.45) is 10.7 Å². The number of benzene rings is 2. The Bertz CT molecular complexity index is 596. The predicted octanol–water partition coefficient (Wildman–Crippen LogP) is 3.96. The van der Waals surface area contributed by atoms with Gasteiger partial charge in [0.05, 0.1) is 11.9 Å². The van der Waals surface area contributed by atoms with Crippen LogP contribution >= 0.6 is 11.6 Å². The number of aliphatic imine (C=N–C) groups is 1. The molecule has 3 nitrogen and oxygen atoms in total. The number of rotatable bonds is 5. The molecule has 0 saturated carbocycles. The van der Waals surface area contributed by atoms with Crippen molar-refractivity contribution in [2.45, 2.75) is 18.7 Å². The van der Waals surface area contributed by atoms with Gasteiger partial charge in [-0.15, -0.1) is 11.6 Å². The highest BCUT2D eigenvalue weighted by atomic mass is 35.5. The van der Waals surface area contributed by atoms with Crippen LogP contribution in [0, 0.1) is 0 Å². The third kappa shape index (κ3) is 4.80. The topological polar surface area (TPSA) is 50.4 Å². The summed E-state index contributed by atoms with van der Waals surface area (Å²) in [5.74, 6) is 0.379. The number of nitrogens with one attached hydrogen (secondary N) is 1. The molecule has 0 radical (unpaired) electrons. The number of nitrogens with two attached hydrogens (primary N) is 1. The summed E-state index contributed by atoms with van der Waals surface area (Å²) >= 11 is 6.31. The Labute approximate surface area is 130 Å². The second kappa shape index (κ2) is 7.70. The van der Waals surface area contributed by atoms with Crippen LogP contribution in [0.1, 0.15) is 23.4 Å². The maximum absolute atomic E-state index is 6.31. The van der Waals surface area contributed by atoms with E-state index < -0.39 is 0 Å². The molecular weight excluding hydrogens is 282 g/mol. The van der Waals surface area contributed by atoms with Crippen molar-refractivity contribution in [2.75, 3.05) is 11.9 Å². The number of alkyl halides is 1. The summed E-state index contributed by atoms with van der Waals surface area (Å²) in [6.07, 6.45) is 0.990. The highest BCUT2D eigenvalue weighted by Gasteiger charge is 2.06. The van der Waals surface area contributed by atoms with Gasteiger partial charge in [-0.3, -0.25) is 4.99 Å². The summed E-state index contributed by atoms with van der Waals surface area (Å²) in [7, 11) is 0. The van der Waals surface area contributed by atoms with Crippen LogP contribution in [0.2, 0.25) is 0 Å². The molecule has 1 unspecified atom stereocenters. The minimum atomic E-state index is -0.173. The van der Waals surface area contributed by atoms with E-state index in [-0.39, 0.29) is 5.38 Å². The zero-order valence-corrected chi connectivity index (χ0v) is 12.8. The minimum Gasteiger partial charge on any atom is -0.370 e. The number of aryl methyl sites for hydroxylation is 1. The molecule has 0 aliphatic heterocycles. The van der Waals surface area contributed by atoms with Crippen molar-refractivity contribution in [3.8, 4) is 0 Å². The maximum Gasteiger partial charge on any atom is 0.193 e. The van der Waals surface area contributed by atoms with Gasteiger partial charge in [-0.1, -0.05) is 49.4 Å². The molecule has 0 spiro atoms. The smallest absolute Gasteiger partial charge is 0.193 e. The van der Waals surface area contributed by atoms with Crippen LogP contribution in [-0.2, 0) is 6.42 Å². The largest absolute Gasteiger partial charge is 0.370 e. The van der Waals surface area contributed by atoms with Crippen LogP contribution in [0.3, 0.4) is 0 Å². The normalized spacial score (nSPS) is 13.0. The zero-order chi connectivity index (χ0) is 15.1. The molecule has 0 aliphatic carbocycles. The highest BCUT2D eigenvalue weighted by Crippen LogP contribution is 2.20. The Hall–Kier alpha value is -2.00. The van der Waals surface area contributed by atoms with E-state index in [1.807, 2.05) is 42.5 Å². The number of guanidine groups is 1. The number of hydrogen-bond acceptors (Lipinski definition) is 1. The first kappa shape index (κ1) is 15.4. The lowest BCUT2D eigenvalue weighted by Crippen LogP contribution is -2.23. The van der Waals surface area contributed by atoms with Crippen LogP contribution in [0.4, 0.5) is 5.69 Å². The van der Waals surface area contributed by atoms with Crippen molar-refractivity contribution in [1.29, 1.82) is 0 Å². The molecule has 0 fully saturated rings. The average molecular weight is 302 g/mol. The van der Waals surface area contributed by atoms with E-state index in [0.717, 1.165) is 17.7 Å². The predicted molar refractivity (Wildman–Crippen MR) is 91.0 cm³/mol. The SMILES string of the molecule is CCc1cccc(NC(N)=NCC(Cl)c2ccccc2)c1. The van der Waals surface area contributed by atoms with Gasteiger partial charge in [-0.25, -0.2) is 0 Å². The molecule has 0 saturated heterocycles. The van der Waals surface area contributed by atoms with E-state index >= 15 is 0 Å². The van der Waals surface area contributed by atoms with Gasteiger partial charge in [0.25, 0.3) is 0 Å². The second-order valence-electron chi connectivity index (χ2n) is 4.78. The van der Waals surface area contributed by atoms with Crippen molar-refractivity contribution >= 4 is 23.2 Å². The summed E-state index contributed by atoms with van der Waals surface area (Å²) in [6, 6.07) is 18.0. The zero-order valence-electron chi connectivity index (χ0n) is 12.1. The van der Waals surface area contributed by atoms with Gasteiger partial charge in [0.1, 0.15) is 0 Å². The van der Waals surface area contributed by atoms with E-state index in [4.69, 9.17) is 17.3 Å². The number of nitrogens with zero attached hydrogens (tertiary/aromatic N) is 1. The van der Waals surface area contributed by atoms with Crippen LogP contribution < -0.4 is 11.1 Å². The van der Waals surface area contributed by atoms with Crippen molar-refractivity contribution in [3.05, 3.63) is 65.7 Å². The van der Waals surface area contributed by atoms with E-state index in [2.05, 4.69) is 29.4 Å². The lowest BCUT2D eigenvalue weighted by atomic mass is 10.1. The number of anilines is 1. The Balaban J connectivity index is 1.95. The third-order valence-corrected chi connectivity index (χ3v) is 3.58. The fraction of sp³-hybridized carbons (Fsp3) is 0.235. The van der Waals surface area contributed by atoms with Crippen LogP contribution in [0.15, 0.2) is 59.6 Å². The average Bonchev–Trinajstić information content (AvgIpc) is 2.53. The molecule has 3 N–H and O–H groups in total. The lowest BCUT2D eigenvalue weighted by Gasteiger charge is -2.09. The standard InChI is InChI=1S/C17H20ClN3/c1-2-13-7-6-10-15(11-13)21-17(19)20-12-16(18)14-8-4-3-5-9-14/h3-11,16H,2,12H2,1H3,(H3,19,20,21). The molecule has 2 rings (SSSR count). The van der Waals surface area contributed by atoms with Crippen molar-refractivity contribution in [3.63, 3.8) is 0 Å². The molecular formula is C17H20ClN3. The Kier molecular flexibility index (Phi) is 5.64. The maximum atomic E-state index is 6.31. The molecule has 2 aromatic carbocycles. The summed E-state index contributed by atoms with van der Waals surface area (Å²) in [5, 5.41) is 2.92. The Morgan fingerprint density at radius 3 is 2.67 bits per heavy atom. The van der Waals surface area contributed by atoms with Gasteiger partial charge in [0.2, 0.25) is 0 Å². The van der Waals surface area contributed by atoms with E-state index in [0.29, 0.717) is 12.5 Å². The minimum absolute atomic E-state index is 0.173. The number of hydrogen-bond donors (Lipinski definition) is 2. The highest BCUT2D eigenvalue weighted by molar-refractivity contribution is 6.21. The first-order valence-corrected chi connectivity index (χ1v) is 7.47. The van der Waals surface area contributed by atoms with Crippen LogP contribution in [0.25, 0.3) is 0 Å². The van der Waals surface area contributed by atoms with Crippen molar-refractivity contribution in [1.82, 2.24) is 0 Å². The van der Waals surface area contributed by atoms with E-state index in [1.165, 1.54) is 5.56 Å². The van der Waals surface area contributed by atoms with E-state index in [9.17, 15) is 0 Å². The first-order valence-electron chi connectivity index (χ1n) is 7.04. The molecule has 110 valence electrons. The molecule has 2 aromatic rings. The van der Waals surface area contributed by atoms with Gasteiger partial charge < -0.3 is 11.1 Å². The number of halogens is 1. The second-order valence-corrected chi connectivity index (χ2v) is 5.31. The fourth-order valence-electron chi connectivity index (χ4n) is 2.00. The molecule has 0 heterocycles. The first-order chi connectivity index (χ1) is 10.2. The van der Waals surface area contributed by atoms with Crippen molar-refractivity contribution < 1.29 is 0 Å². The summed E-state index contributed by atoms with van der Waals surface area (Å²) in [5.41, 5.74) is 9.15. The monoisotopic (exact) mass is 301 g/mol. The molecule has 1 atom stereocenters. The Morgan fingerprint density at radius 2 is 1.95 bits per heavy atom. The van der Waals surface area contributed by atoms with Crippen LogP contribution in [0.5, 0.6) is 0 Å². The fourth-order valence-corrected chi connectivity index (χ4v) is 2.22. The molecule has 4 heteroatoms. The van der Waals surface area contributed by atoms with Gasteiger partial charge in [0, 0.05) is 5.69 Å². The molecule has 0 bridgehead atoms. The third-order valence-electron chi connectivity index (χ3n) is 3.19.